The van der Waals surface area contributed by atoms with Crippen LogP contribution in [0.2, 0.25) is 0 Å². The first kappa shape index (κ1) is 23.3. The molecule has 6 atom stereocenters. The van der Waals surface area contributed by atoms with E-state index in [4.69, 9.17) is 0 Å². The average Bonchev–Trinajstić information content (AvgIpc) is 2.31. The van der Waals surface area contributed by atoms with Gasteiger partial charge in [0, 0.05) is 0 Å². The Morgan fingerprint density at radius 3 is 1.45 bits per heavy atom. The quantitative estimate of drug-likeness (QED) is 0.303. The van der Waals surface area contributed by atoms with Crippen LogP contribution in [0.1, 0.15) is 0 Å². The molecule has 0 rings (SSSR count). The summed E-state index contributed by atoms with van der Waals surface area (Å²) in [6, 6.07) is 0. The summed E-state index contributed by atoms with van der Waals surface area (Å²) < 4.78 is 118. The Kier molecular flexibility index (Phi) is 11.6. The SMILES string of the molecule is O=S(=O)([O-])CC(F)C(F)C(F)C(F)C(F)C(F)CF.[K+]. The molecule has 0 bridgehead atoms. The van der Waals surface area contributed by atoms with Gasteiger partial charge < -0.3 is 4.55 Å². The van der Waals surface area contributed by atoms with E-state index in [0.29, 0.717) is 0 Å². The third-order valence-corrected chi connectivity index (χ3v) is 2.84. The molecular weight excluding hydrogens is 348 g/mol. The molecule has 20 heavy (non-hydrogen) atoms. The van der Waals surface area contributed by atoms with E-state index in [1.54, 1.807) is 0 Å². The van der Waals surface area contributed by atoms with Crippen molar-refractivity contribution in [1.82, 2.24) is 0 Å². The molecule has 0 fully saturated rings. The van der Waals surface area contributed by atoms with Crippen molar-refractivity contribution in [1.29, 1.82) is 0 Å². The standard InChI is InChI=1S/C8H11F7O3S.K/c9-1-3(10)5(12)7(14)8(15)6(13)4(11)2-19(16,17)18;/h3-8H,1-2H2,(H,16,17,18);/q;+1/p-1. The minimum absolute atomic E-state index is 0. The topological polar surface area (TPSA) is 57.2 Å². The maximum absolute atomic E-state index is 12.9. The van der Waals surface area contributed by atoms with E-state index in [1.165, 1.54) is 0 Å². The summed E-state index contributed by atoms with van der Waals surface area (Å²) in [4.78, 5) is 0. The van der Waals surface area contributed by atoms with Crippen LogP contribution in [0.15, 0.2) is 0 Å². The van der Waals surface area contributed by atoms with E-state index < -0.39 is 59.6 Å². The molecule has 0 saturated carbocycles. The van der Waals surface area contributed by atoms with Gasteiger partial charge >= 0.3 is 51.4 Å². The van der Waals surface area contributed by atoms with Crippen LogP contribution in [0.3, 0.4) is 0 Å². The van der Waals surface area contributed by atoms with Gasteiger partial charge in [-0.05, 0) is 0 Å². The van der Waals surface area contributed by atoms with Crippen molar-refractivity contribution in [3.05, 3.63) is 0 Å². The van der Waals surface area contributed by atoms with Crippen molar-refractivity contribution in [2.45, 2.75) is 37.0 Å². The van der Waals surface area contributed by atoms with Crippen molar-refractivity contribution < 1.29 is 95.1 Å². The zero-order valence-electron chi connectivity index (χ0n) is 10.2. The van der Waals surface area contributed by atoms with Crippen molar-refractivity contribution in [2.24, 2.45) is 0 Å². The van der Waals surface area contributed by atoms with Crippen LogP contribution in [0.4, 0.5) is 30.7 Å². The van der Waals surface area contributed by atoms with Gasteiger partial charge in [0.05, 0.1) is 15.9 Å². The normalized spacial score (nSPS) is 21.2. The zero-order valence-corrected chi connectivity index (χ0v) is 14.1. The van der Waals surface area contributed by atoms with Gasteiger partial charge in [-0.2, -0.15) is 0 Å². The number of rotatable bonds is 8. The Morgan fingerprint density at radius 2 is 1.15 bits per heavy atom. The first-order chi connectivity index (χ1) is 8.51. The third kappa shape index (κ3) is 7.89. The van der Waals surface area contributed by atoms with E-state index in [1.807, 2.05) is 0 Å². The fraction of sp³-hybridized carbons (Fsp3) is 1.00. The minimum Gasteiger partial charge on any atom is -0.748 e. The maximum atomic E-state index is 12.9. The molecule has 0 saturated heterocycles. The zero-order chi connectivity index (χ0) is 15.4. The van der Waals surface area contributed by atoms with Crippen LogP contribution < -0.4 is 51.4 Å². The fourth-order valence-corrected chi connectivity index (χ4v) is 1.70. The van der Waals surface area contributed by atoms with Gasteiger partial charge in [0.1, 0.15) is 12.8 Å². The summed E-state index contributed by atoms with van der Waals surface area (Å²) in [6.45, 7) is -2.00. The Hall–Kier alpha value is 1.06. The van der Waals surface area contributed by atoms with Crippen molar-refractivity contribution in [3.63, 3.8) is 0 Å². The van der Waals surface area contributed by atoms with Crippen molar-refractivity contribution in [3.8, 4) is 0 Å². The average molecular weight is 358 g/mol. The van der Waals surface area contributed by atoms with Gasteiger partial charge in [-0.25, -0.2) is 39.2 Å². The third-order valence-electron chi connectivity index (χ3n) is 2.11. The van der Waals surface area contributed by atoms with Crippen molar-refractivity contribution >= 4 is 10.1 Å². The molecule has 3 nitrogen and oxygen atoms in total. The second kappa shape index (κ2) is 9.95. The molecule has 6 unspecified atom stereocenters. The molecule has 0 N–H and O–H groups in total. The summed E-state index contributed by atoms with van der Waals surface area (Å²) >= 11 is 0. The van der Waals surface area contributed by atoms with Crippen LogP contribution in [0.5, 0.6) is 0 Å². The number of hydrogen-bond donors (Lipinski definition) is 0. The second-order valence-electron chi connectivity index (χ2n) is 3.69. The van der Waals surface area contributed by atoms with Crippen LogP contribution in [0.25, 0.3) is 0 Å². The molecule has 0 heterocycles. The van der Waals surface area contributed by atoms with Gasteiger partial charge in [0.2, 0.25) is 0 Å². The second-order valence-corrected chi connectivity index (χ2v) is 5.14. The molecule has 0 amide bonds. The molecule has 12 heteroatoms. The molecule has 0 aliphatic rings. The van der Waals surface area contributed by atoms with Crippen LogP contribution in [-0.2, 0) is 10.1 Å². The summed E-state index contributed by atoms with van der Waals surface area (Å²) in [7, 11) is -5.25. The van der Waals surface area contributed by atoms with E-state index in [9.17, 15) is 43.7 Å². The van der Waals surface area contributed by atoms with Crippen LogP contribution in [0, 0.1) is 0 Å². The Morgan fingerprint density at radius 1 is 0.800 bits per heavy atom. The predicted octanol–water partition coefficient (Wildman–Crippen LogP) is -1.47. The molecule has 0 aromatic carbocycles. The summed E-state index contributed by atoms with van der Waals surface area (Å²) in [6.07, 6.45) is -20.3. The van der Waals surface area contributed by atoms with E-state index in [2.05, 4.69) is 0 Å². The maximum Gasteiger partial charge on any atom is 1.00 e. The minimum atomic E-state index is -5.25. The summed E-state index contributed by atoms with van der Waals surface area (Å²) in [5, 5.41) is 0. The van der Waals surface area contributed by atoms with Gasteiger partial charge in [-0.3, -0.25) is 0 Å². The molecule has 0 aromatic heterocycles. The largest absolute Gasteiger partial charge is 1.00 e. The van der Waals surface area contributed by atoms with E-state index >= 15 is 0 Å². The van der Waals surface area contributed by atoms with Gasteiger partial charge in [0.25, 0.3) is 0 Å². The van der Waals surface area contributed by atoms with Gasteiger partial charge in [0.15, 0.2) is 30.9 Å². The molecule has 0 aromatic rings. The first-order valence-corrected chi connectivity index (χ1v) is 6.43. The number of alkyl halides is 7. The van der Waals surface area contributed by atoms with Crippen molar-refractivity contribution in [2.75, 3.05) is 12.4 Å². The smallest absolute Gasteiger partial charge is 0.748 e. The summed E-state index contributed by atoms with van der Waals surface area (Å²) in [5.74, 6) is -1.99. The molecule has 116 valence electrons. The molecule has 0 spiro atoms. The monoisotopic (exact) mass is 358 g/mol. The first-order valence-electron chi connectivity index (χ1n) is 4.85. The molecular formula is C8H10F7KO3S. The molecule has 0 aliphatic heterocycles. The predicted molar refractivity (Wildman–Crippen MR) is 49.9 cm³/mol. The molecule has 0 aliphatic carbocycles. The molecule has 0 radical (unpaired) electrons. The number of hydrogen-bond acceptors (Lipinski definition) is 3. The number of halogens is 7. The Bertz CT molecular complexity index is 371. The fourth-order valence-electron chi connectivity index (χ4n) is 1.12. The van der Waals surface area contributed by atoms with Crippen LogP contribution >= 0.6 is 0 Å². The van der Waals surface area contributed by atoms with Gasteiger partial charge in [-0.1, -0.05) is 0 Å². The van der Waals surface area contributed by atoms with E-state index in [0.717, 1.165) is 0 Å². The van der Waals surface area contributed by atoms with Crippen LogP contribution in [-0.4, -0.2) is 62.4 Å². The van der Waals surface area contributed by atoms with E-state index in [-0.39, 0.29) is 51.4 Å². The summed E-state index contributed by atoms with van der Waals surface area (Å²) in [5.41, 5.74) is 0. The Balaban J connectivity index is 0. The Labute approximate surface area is 153 Å². The van der Waals surface area contributed by atoms with Gasteiger partial charge in [-0.15, -0.1) is 0 Å².